The monoisotopic (exact) mass is 184 g/mol. The molecule has 0 aromatic carbocycles. The van der Waals surface area contributed by atoms with Crippen molar-refractivity contribution in [3.05, 3.63) is 0 Å². The van der Waals surface area contributed by atoms with Crippen LogP contribution in [-0.4, -0.2) is 50.2 Å². The van der Waals surface area contributed by atoms with E-state index in [4.69, 9.17) is 17.1 Å². The maximum atomic E-state index is 11.2. The Morgan fingerprint density at radius 1 is 1.77 bits per heavy atom. The molecule has 3 atom stereocenters. The van der Waals surface area contributed by atoms with E-state index in [1.165, 1.54) is 0 Å². The molecule has 0 aliphatic carbocycles. The third-order valence-electron chi connectivity index (χ3n) is 1.93. The van der Waals surface area contributed by atoms with Crippen LogP contribution in [0.5, 0.6) is 0 Å². The minimum absolute atomic E-state index is 0.0186. The average molecular weight is 184 g/mol. The number of aliphatic hydroxyl groups excluding tert-OH is 1. The van der Waals surface area contributed by atoms with E-state index in [1.807, 2.05) is 0 Å². The molecule has 0 aromatic heterocycles. The van der Waals surface area contributed by atoms with E-state index in [1.54, 1.807) is 6.92 Å². The summed E-state index contributed by atoms with van der Waals surface area (Å²) in [5.74, 6) is -0.283. The first-order chi connectivity index (χ1) is 6.16. The van der Waals surface area contributed by atoms with Crippen LogP contribution in [0.2, 0.25) is 0 Å². The van der Waals surface area contributed by atoms with Crippen molar-refractivity contribution >= 4 is 13.4 Å². The second-order valence-corrected chi connectivity index (χ2v) is 2.90. The van der Waals surface area contributed by atoms with Crippen LogP contribution in [0.25, 0.3) is 0 Å². The van der Waals surface area contributed by atoms with Crippen molar-refractivity contribution < 1.29 is 19.4 Å². The van der Waals surface area contributed by atoms with Gasteiger partial charge in [0.25, 0.3) is 0 Å². The van der Waals surface area contributed by atoms with Gasteiger partial charge in [0.1, 0.15) is 0 Å². The Balaban J connectivity index is 2.57. The van der Waals surface area contributed by atoms with Crippen molar-refractivity contribution in [1.82, 2.24) is 0 Å². The fourth-order valence-electron chi connectivity index (χ4n) is 1.07. The summed E-state index contributed by atoms with van der Waals surface area (Å²) in [4.78, 5) is 14.5. The van der Waals surface area contributed by atoms with E-state index in [0.717, 1.165) is 0 Å². The Kier molecular flexibility index (Phi) is 3.71. The SMILES string of the molecule is [B]=N[C@@H](C)[C@H](O)[C@@H]1OCOCC1=O. The summed E-state index contributed by atoms with van der Waals surface area (Å²) >= 11 is 0. The zero-order valence-corrected chi connectivity index (χ0v) is 7.34. The van der Waals surface area contributed by atoms with Gasteiger partial charge in [-0.1, -0.05) is 0 Å². The number of carbonyl (C=O) groups excluding carboxylic acids is 1. The van der Waals surface area contributed by atoms with Crippen molar-refractivity contribution in [2.45, 2.75) is 25.2 Å². The molecule has 0 aromatic rings. The molecule has 1 aliphatic rings. The number of aliphatic hydroxyl groups is 1. The van der Waals surface area contributed by atoms with E-state index >= 15 is 0 Å². The van der Waals surface area contributed by atoms with E-state index in [2.05, 4.69) is 4.90 Å². The normalized spacial score (nSPS) is 28.1. The standard InChI is InChI=1S/C7H11BNO4/c1-4(9-8)6(11)7-5(10)2-12-3-13-7/h4,6-7,11H,2-3H2,1H3/t4-,6-,7+/m0/s1. The van der Waals surface area contributed by atoms with Gasteiger partial charge in [-0.3, -0.25) is 0 Å². The fraction of sp³-hybridized carbons (Fsp3) is 0.857. The molecule has 6 heteroatoms. The van der Waals surface area contributed by atoms with E-state index in [0.29, 0.717) is 0 Å². The quantitative estimate of drug-likeness (QED) is 0.573. The summed E-state index contributed by atoms with van der Waals surface area (Å²) in [6.45, 7) is 1.60. The fourth-order valence-corrected chi connectivity index (χ4v) is 1.07. The van der Waals surface area contributed by atoms with Gasteiger partial charge in [-0.05, 0) is 0 Å². The van der Waals surface area contributed by atoms with E-state index < -0.39 is 18.2 Å². The summed E-state index contributed by atoms with van der Waals surface area (Å²) in [5.41, 5.74) is 0. The molecule has 5 nitrogen and oxygen atoms in total. The van der Waals surface area contributed by atoms with Crippen LogP contribution in [0.3, 0.4) is 0 Å². The maximum absolute atomic E-state index is 11.2. The number of hydrogen-bond donors (Lipinski definition) is 1. The first-order valence-corrected chi connectivity index (χ1v) is 3.97. The van der Waals surface area contributed by atoms with Crippen LogP contribution in [0.1, 0.15) is 6.92 Å². The Hall–Kier alpha value is -0.585. The number of Topliss-reactive ketones (excluding diaryl/α,β-unsaturated/α-hetero) is 1. The molecule has 0 unspecified atom stereocenters. The summed E-state index contributed by atoms with van der Waals surface area (Å²) in [6, 6.07) is -0.521. The molecule has 1 fully saturated rings. The van der Waals surface area contributed by atoms with Crippen molar-refractivity contribution in [3.63, 3.8) is 0 Å². The van der Waals surface area contributed by atoms with Gasteiger partial charge in [0, 0.05) is 0 Å². The van der Waals surface area contributed by atoms with Crippen LogP contribution in [0, 0.1) is 0 Å². The molecule has 1 aliphatic heterocycles. The first-order valence-electron chi connectivity index (χ1n) is 3.97. The van der Waals surface area contributed by atoms with Gasteiger partial charge < -0.3 is 0 Å². The molecule has 0 spiro atoms. The van der Waals surface area contributed by atoms with Gasteiger partial charge in [-0.25, -0.2) is 0 Å². The predicted octanol–water partition coefficient (Wildman–Crippen LogP) is -0.970. The number of hydrogen-bond acceptors (Lipinski definition) is 5. The van der Waals surface area contributed by atoms with Gasteiger partial charge in [0.2, 0.25) is 0 Å². The second-order valence-electron chi connectivity index (χ2n) is 2.90. The Morgan fingerprint density at radius 2 is 2.46 bits per heavy atom. The number of nitrogens with zero attached hydrogens (tertiary/aromatic N) is 1. The predicted molar refractivity (Wildman–Crippen MR) is 44.3 cm³/mol. The third-order valence-corrected chi connectivity index (χ3v) is 1.93. The minimum atomic E-state index is -0.999. The van der Waals surface area contributed by atoms with E-state index in [-0.39, 0.29) is 19.2 Å². The molecular formula is C7H11BNO4. The van der Waals surface area contributed by atoms with Crippen molar-refractivity contribution in [2.75, 3.05) is 13.4 Å². The van der Waals surface area contributed by atoms with Crippen LogP contribution < -0.4 is 0 Å². The molecule has 0 amide bonds. The molecule has 1 radical (unpaired) electrons. The Bertz CT molecular complexity index is 211. The summed E-state index contributed by atoms with van der Waals surface area (Å²) in [5, 5.41) is 9.54. The van der Waals surface area contributed by atoms with Crippen LogP contribution in [-0.2, 0) is 14.3 Å². The van der Waals surface area contributed by atoms with Gasteiger partial charge >= 0.3 is 76.3 Å². The first kappa shape index (κ1) is 10.5. The topological polar surface area (TPSA) is 68.1 Å². The Labute approximate surface area is 77.2 Å². The number of rotatable bonds is 3. The molecule has 1 rings (SSSR count). The average Bonchev–Trinajstić information content (AvgIpc) is 2.16. The third kappa shape index (κ3) is 2.43. The van der Waals surface area contributed by atoms with Gasteiger partial charge in [0.05, 0.1) is 0 Å². The summed E-state index contributed by atoms with van der Waals surface area (Å²) in [7, 11) is 4.99. The zero-order chi connectivity index (χ0) is 9.84. The van der Waals surface area contributed by atoms with Crippen molar-refractivity contribution in [3.8, 4) is 0 Å². The van der Waals surface area contributed by atoms with Crippen LogP contribution in [0.15, 0.2) is 4.90 Å². The van der Waals surface area contributed by atoms with Gasteiger partial charge in [-0.2, -0.15) is 0 Å². The molecule has 71 valence electrons. The summed E-state index contributed by atoms with van der Waals surface area (Å²) < 4.78 is 9.67. The van der Waals surface area contributed by atoms with E-state index in [9.17, 15) is 9.90 Å². The number of ketones is 1. The molecular weight excluding hydrogens is 173 g/mol. The molecule has 1 saturated heterocycles. The molecule has 13 heavy (non-hydrogen) atoms. The molecule has 1 N–H and O–H groups in total. The van der Waals surface area contributed by atoms with Gasteiger partial charge in [-0.15, -0.1) is 0 Å². The van der Waals surface area contributed by atoms with Crippen LogP contribution in [0.4, 0.5) is 0 Å². The van der Waals surface area contributed by atoms with Crippen molar-refractivity contribution in [1.29, 1.82) is 0 Å². The second kappa shape index (κ2) is 4.60. The summed E-state index contributed by atoms with van der Waals surface area (Å²) in [6.07, 6.45) is -1.86. The Morgan fingerprint density at radius 3 is 3.00 bits per heavy atom. The molecule has 1 heterocycles. The molecule has 0 saturated carbocycles. The number of ether oxygens (including phenoxy) is 2. The zero-order valence-electron chi connectivity index (χ0n) is 7.34. The van der Waals surface area contributed by atoms with Crippen molar-refractivity contribution in [2.24, 2.45) is 4.90 Å². The number of carbonyl (C=O) groups is 1. The van der Waals surface area contributed by atoms with Crippen LogP contribution >= 0.6 is 0 Å². The molecule has 0 bridgehead atoms. The van der Waals surface area contributed by atoms with Gasteiger partial charge in [0.15, 0.2) is 0 Å².